The Morgan fingerprint density at radius 1 is 0.704 bits per heavy atom. The molecule has 0 aromatic rings. The summed E-state index contributed by atoms with van der Waals surface area (Å²) in [5.41, 5.74) is 5.49. The van der Waals surface area contributed by atoms with E-state index < -0.39 is 79.5 Å². The third-order valence-corrected chi connectivity index (χ3v) is 3.28. The fourth-order valence-corrected chi connectivity index (χ4v) is 1.87. The van der Waals surface area contributed by atoms with Crippen LogP contribution in [-0.4, -0.2) is 74.2 Å². The lowest BCUT2D eigenvalue weighted by molar-refractivity contribution is -0.147. The zero-order chi connectivity index (χ0) is 21.1. The summed E-state index contributed by atoms with van der Waals surface area (Å²) in [7, 11) is 0. The summed E-state index contributed by atoms with van der Waals surface area (Å²) in [5.74, 6) is -7.67. The third kappa shape index (κ3) is 10.4. The molecule has 0 bridgehead atoms. The van der Waals surface area contributed by atoms with Gasteiger partial charge in [-0.1, -0.05) is 0 Å². The fraction of sp³-hybridized carbons (Fsp3) is 0.571. The number of nitrogens with one attached hydrogen (secondary N) is 2. The second-order valence-electron chi connectivity index (χ2n) is 5.53. The van der Waals surface area contributed by atoms with E-state index in [1.54, 1.807) is 0 Å². The Labute approximate surface area is 152 Å². The first-order chi connectivity index (χ1) is 12.4. The minimum Gasteiger partial charge on any atom is -0.481 e. The molecule has 0 radical (unpaired) electrons. The van der Waals surface area contributed by atoms with E-state index >= 15 is 0 Å². The molecule has 152 valence electrons. The Bertz CT molecular complexity index is 606. The van der Waals surface area contributed by atoms with Crippen LogP contribution in [0.4, 0.5) is 0 Å². The van der Waals surface area contributed by atoms with Gasteiger partial charge >= 0.3 is 23.9 Å². The molecule has 27 heavy (non-hydrogen) atoms. The predicted molar refractivity (Wildman–Crippen MR) is 85.5 cm³/mol. The highest BCUT2D eigenvalue weighted by atomic mass is 16.4. The fourth-order valence-electron chi connectivity index (χ4n) is 1.87. The molecule has 0 aromatic heterocycles. The standard InChI is InChI=1S/C14H21N3O10/c15-6(1-3-9(18)19)12(24)16-7(2-4-10(20)21)13(25)17-8(14(26)27)5-11(22)23/h6-8H,1-5,15H2,(H,16,24)(H,17,25)(H,18,19)(H,20,21)(H,22,23)(H,26,27)/t6-,7-,8-/m0/s1. The number of rotatable bonds is 13. The minimum atomic E-state index is -1.79. The number of carboxylic acid groups (broad SMARTS) is 4. The van der Waals surface area contributed by atoms with E-state index in [0.717, 1.165) is 0 Å². The number of aliphatic carboxylic acids is 4. The van der Waals surface area contributed by atoms with Crippen LogP contribution in [0.3, 0.4) is 0 Å². The quantitative estimate of drug-likeness (QED) is 0.174. The summed E-state index contributed by atoms with van der Waals surface area (Å²) in [6, 6.07) is -4.59. The van der Waals surface area contributed by atoms with E-state index in [4.69, 9.17) is 26.2 Å². The van der Waals surface area contributed by atoms with Crippen molar-refractivity contribution in [1.82, 2.24) is 10.6 Å². The van der Waals surface area contributed by atoms with Crippen molar-refractivity contribution in [3.05, 3.63) is 0 Å². The maximum absolute atomic E-state index is 12.2. The lowest BCUT2D eigenvalue weighted by Gasteiger charge is -2.22. The van der Waals surface area contributed by atoms with Crippen LogP contribution in [0.15, 0.2) is 0 Å². The van der Waals surface area contributed by atoms with Gasteiger partial charge in [-0.2, -0.15) is 0 Å². The van der Waals surface area contributed by atoms with Crippen molar-refractivity contribution in [3.63, 3.8) is 0 Å². The van der Waals surface area contributed by atoms with Crippen molar-refractivity contribution in [1.29, 1.82) is 0 Å². The van der Waals surface area contributed by atoms with E-state index in [2.05, 4.69) is 5.32 Å². The van der Waals surface area contributed by atoms with Gasteiger partial charge in [-0.25, -0.2) is 4.79 Å². The maximum Gasteiger partial charge on any atom is 0.326 e. The molecule has 13 nitrogen and oxygen atoms in total. The summed E-state index contributed by atoms with van der Waals surface area (Å²) in [6.45, 7) is 0. The van der Waals surface area contributed by atoms with Gasteiger partial charge in [0, 0.05) is 12.8 Å². The van der Waals surface area contributed by atoms with Crippen molar-refractivity contribution in [2.45, 2.75) is 50.2 Å². The minimum absolute atomic E-state index is 0.245. The van der Waals surface area contributed by atoms with E-state index in [9.17, 15) is 28.8 Å². The average molecular weight is 391 g/mol. The largest absolute Gasteiger partial charge is 0.481 e. The van der Waals surface area contributed by atoms with E-state index in [1.807, 2.05) is 5.32 Å². The molecule has 0 spiro atoms. The Hall–Kier alpha value is -3.22. The van der Waals surface area contributed by atoms with Gasteiger partial charge in [0.25, 0.3) is 0 Å². The van der Waals surface area contributed by atoms with Crippen LogP contribution in [0.5, 0.6) is 0 Å². The lowest BCUT2D eigenvalue weighted by Crippen LogP contribution is -2.54. The first-order valence-electron chi connectivity index (χ1n) is 7.68. The molecular weight excluding hydrogens is 370 g/mol. The van der Waals surface area contributed by atoms with Crippen LogP contribution in [0.25, 0.3) is 0 Å². The molecule has 0 rings (SSSR count). The Balaban J connectivity index is 5.09. The van der Waals surface area contributed by atoms with Crippen LogP contribution in [-0.2, 0) is 28.8 Å². The van der Waals surface area contributed by atoms with Gasteiger partial charge in [0.05, 0.1) is 12.5 Å². The van der Waals surface area contributed by atoms with Crippen LogP contribution in [0.1, 0.15) is 32.1 Å². The zero-order valence-electron chi connectivity index (χ0n) is 14.1. The Morgan fingerprint density at radius 2 is 1.19 bits per heavy atom. The molecule has 0 aliphatic carbocycles. The molecule has 0 saturated carbocycles. The Kier molecular flexibility index (Phi) is 10.0. The molecule has 13 heteroatoms. The molecule has 0 saturated heterocycles. The third-order valence-electron chi connectivity index (χ3n) is 3.28. The zero-order valence-corrected chi connectivity index (χ0v) is 14.1. The molecule has 8 N–H and O–H groups in total. The number of hydrogen-bond acceptors (Lipinski definition) is 7. The van der Waals surface area contributed by atoms with Gasteiger partial charge in [0.2, 0.25) is 11.8 Å². The summed E-state index contributed by atoms with van der Waals surface area (Å²) < 4.78 is 0. The van der Waals surface area contributed by atoms with E-state index in [-0.39, 0.29) is 6.42 Å². The summed E-state index contributed by atoms with van der Waals surface area (Å²) in [5, 5.41) is 38.9. The summed E-state index contributed by atoms with van der Waals surface area (Å²) in [4.78, 5) is 66.9. The number of hydrogen-bond donors (Lipinski definition) is 7. The smallest absolute Gasteiger partial charge is 0.326 e. The number of amides is 2. The molecule has 0 aliphatic rings. The van der Waals surface area contributed by atoms with Crippen molar-refractivity contribution < 1.29 is 49.2 Å². The first kappa shape index (κ1) is 23.8. The van der Waals surface area contributed by atoms with E-state index in [1.165, 1.54) is 0 Å². The molecular formula is C14H21N3O10. The van der Waals surface area contributed by atoms with Crippen molar-refractivity contribution in [2.75, 3.05) is 0 Å². The van der Waals surface area contributed by atoms with Crippen molar-refractivity contribution in [3.8, 4) is 0 Å². The number of carboxylic acids is 4. The first-order valence-corrected chi connectivity index (χ1v) is 7.68. The molecule has 2 amide bonds. The summed E-state index contributed by atoms with van der Waals surface area (Å²) >= 11 is 0. The summed E-state index contributed by atoms with van der Waals surface area (Å²) in [6.07, 6.45) is -2.57. The molecule has 0 heterocycles. The van der Waals surface area contributed by atoms with Gasteiger partial charge < -0.3 is 36.8 Å². The van der Waals surface area contributed by atoms with Crippen LogP contribution < -0.4 is 16.4 Å². The van der Waals surface area contributed by atoms with Gasteiger partial charge in [-0.15, -0.1) is 0 Å². The van der Waals surface area contributed by atoms with Crippen LogP contribution in [0, 0.1) is 0 Å². The lowest BCUT2D eigenvalue weighted by atomic mass is 10.1. The number of nitrogens with two attached hydrogens (primary N) is 1. The van der Waals surface area contributed by atoms with Gasteiger partial charge in [0.1, 0.15) is 12.1 Å². The molecule has 0 aliphatic heterocycles. The number of carbonyl (C=O) groups is 6. The predicted octanol–water partition coefficient (Wildman–Crippen LogP) is -2.43. The second-order valence-corrected chi connectivity index (χ2v) is 5.53. The SMILES string of the molecule is N[C@@H](CCC(=O)O)C(=O)N[C@@H](CCC(=O)O)C(=O)N[C@@H](CC(=O)O)C(=O)O. The van der Waals surface area contributed by atoms with Gasteiger partial charge in [-0.3, -0.25) is 24.0 Å². The average Bonchev–Trinajstić information content (AvgIpc) is 2.54. The topological polar surface area (TPSA) is 233 Å². The normalized spacial score (nSPS) is 13.7. The van der Waals surface area contributed by atoms with Gasteiger partial charge in [0.15, 0.2) is 0 Å². The highest BCUT2D eigenvalue weighted by Crippen LogP contribution is 2.03. The molecule has 0 fully saturated rings. The second kappa shape index (κ2) is 11.4. The highest BCUT2D eigenvalue weighted by molar-refractivity contribution is 5.93. The van der Waals surface area contributed by atoms with Crippen molar-refractivity contribution >= 4 is 35.7 Å². The van der Waals surface area contributed by atoms with E-state index in [0.29, 0.717) is 0 Å². The van der Waals surface area contributed by atoms with Gasteiger partial charge in [-0.05, 0) is 12.8 Å². The van der Waals surface area contributed by atoms with Crippen LogP contribution in [0.2, 0.25) is 0 Å². The van der Waals surface area contributed by atoms with Crippen LogP contribution >= 0.6 is 0 Å². The highest BCUT2D eigenvalue weighted by Gasteiger charge is 2.29. The van der Waals surface area contributed by atoms with Crippen molar-refractivity contribution in [2.24, 2.45) is 5.73 Å². The molecule has 3 atom stereocenters. The molecule has 0 unspecified atom stereocenters. The Morgan fingerprint density at radius 3 is 1.63 bits per heavy atom. The molecule has 0 aromatic carbocycles. The monoisotopic (exact) mass is 391 g/mol. The number of carbonyl (C=O) groups excluding carboxylic acids is 2. The maximum atomic E-state index is 12.2.